The summed E-state index contributed by atoms with van der Waals surface area (Å²) in [6, 6.07) is 8.37. The van der Waals surface area contributed by atoms with Gasteiger partial charge in [-0.05, 0) is 56.1 Å². The normalized spacial score (nSPS) is 22.3. The summed E-state index contributed by atoms with van der Waals surface area (Å²) in [5, 5.41) is 10.7. The lowest BCUT2D eigenvalue weighted by Gasteiger charge is -2.21. The zero-order valence-corrected chi connectivity index (χ0v) is 12.7. The summed E-state index contributed by atoms with van der Waals surface area (Å²) in [5.74, 6) is 0.375. The molecule has 0 amide bonds. The molecule has 20 heavy (non-hydrogen) atoms. The molecular weight excluding hydrogens is 266 g/mol. The van der Waals surface area contributed by atoms with E-state index in [1.807, 2.05) is 11.6 Å². The quantitative estimate of drug-likeness (QED) is 0.863. The number of benzene rings is 1. The van der Waals surface area contributed by atoms with Crippen LogP contribution in [0, 0.1) is 12.8 Å². The van der Waals surface area contributed by atoms with Crippen LogP contribution in [0.3, 0.4) is 0 Å². The Morgan fingerprint density at radius 2 is 2.20 bits per heavy atom. The molecule has 1 aliphatic carbocycles. The number of fused-ring (bicyclic) bond motifs is 1. The maximum atomic E-state index is 10.7. The van der Waals surface area contributed by atoms with Crippen LogP contribution in [-0.2, 0) is 12.8 Å². The van der Waals surface area contributed by atoms with Gasteiger partial charge in [-0.15, -0.1) is 11.3 Å². The lowest BCUT2D eigenvalue weighted by Crippen LogP contribution is -2.13. The zero-order chi connectivity index (χ0) is 13.9. The second-order valence-electron chi connectivity index (χ2n) is 5.70. The van der Waals surface area contributed by atoms with Crippen molar-refractivity contribution in [2.24, 2.45) is 5.92 Å². The Hall–Kier alpha value is -1.19. The molecule has 1 aromatic heterocycles. The van der Waals surface area contributed by atoms with Gasteiger partial charge in [0.15, 0.2) is 0 Å². The third-order valence-electron chi connectivity index (χ3n) is 4.43. The molecule has 1 aliphatic rings. The van der Waals surface area contributed by atoms with Crippen molar-refractivity contribution in [2.45, 2.75) is 45.1 Å². The highest BCUT2D eigenvalue weighted by Crippen LogP contribution is 2.36. The Morgan fingerprint density at radius 3 is 3.00 bits per heavy atom. The van der Waals surface area contributed by atoms with Crippen molar-refractivity contribution < 1.29 is 5.11 Å². The molecule has 1 N–H and O–H groups in total. The van der Waals surface area contributed by atoms with Gasteiger partial charge < -0.3 is 5.11 Å². The van der Waals surface area contributed by atoms with E-state index in [1.165, 1.54) is 16.9 Å². The number of rotatable bonds is 3. The summed E-state index contributed by atoms with van der Waals surface area (Å²) < 4.78 is 0. The van der Waals surface area contributed by atoms with Crippen LogP contribution >= 0.6 is 11.3 Å². The molecule has 0 saturated heterocycles. The van der Waals surface area contributed by atoms with Crippen LogP contribution in [-0.4, -0.2) is 10.1 Å². The molecule has 2 atom stereocenters. The number of aryl methyl sites for hydroxylation is 3. The average molecular weight is 287 g/mol. The van der Waals surface area contributed by atoms with E-state index in [2.05, 4.69) is 30.1 Å². The molecule has 2 nitrogen and oxygen atoms in total. The Labute approximate surface area is 124 Å². The third-order valence-corrected chi connectivity index (χ3v) is 5.42. The number of thiazole rings is 1. The summed E-state index contributed by atoms with van der Waals surface area (Å²) in [6.07, 6.45) is 5.19. The molecule has 106 valence electrons. The predicted molar refractivity (Wildman–Crippen MR) is 83.0 cm³/mol. The summed E-state index contributed by atoms with van der Waals surface area (Å²) in [7, 11) is 0. The number of nitrogens with zero attached hydrogens (tertiary/aromatic N) is 1. The number of hydrogen-bond acceptors (Lipinski definition) is 3. The maximum absolute atomic E-state index is 10.7. The van der Waals surface area contributed by atoms with E-state index in [0.29, 0.717) is 5.92 Å². The van der Waals surface area contributed by atoms with Gasteiger partial charge in [-0.25, -0.2) is 4.98 Å². The lowest BCUT2D eigenvalue weighted by molar-refractivity contribution is 0.1000. The van der Waals surface area contributed by atoms with Crippen LogP contribution in [0.2, 0.25) is 0 Å². The molecule has 0 fully saturated rings. The van der Waals surface area contributed by atoms with Crippen LogP contribution in [0.15, 0.2) is 29.8 Å². The second kappa shape index (κ2) is 6.06. The summed E-state index contributed by atoms with van der Waals surface area (Å²) in [4.78, 5) is 5.68. The second-order valence-corrected chi connectivity index (χ2v) is 6.63. The molecule has 0 radical (unpaired) electrons. The van der Waals surface area contributed by atoms with Gasteiger partial charge in [0.1, 0.15) is 0 Å². The van der Waals surface area contributed by atoms with Crippen molar-refractivity contribution >= 4 is 11.3 Å². The summed E-state index contributed by atoms with van der Waals surface area (Å²) in [6.45, 7) is 2.07. The van der Waals surface area contributed by atoms with Gasteiger partial charge in [-0.3, -0.25) is 0 Å². The van der Waals surface area contributed by atoms with Crippen molar-refractivity contribution in [1.29, 1.82) is 0 Å². The standard InChI is InChI=1S/C17H21NOS/c1-12-16(20-11-18-12)10-9-14-7-4-6-13-5-2-3-8-15(13)17(14)19/h2-3,5,8,11,14,17,19H,4,6-7,9-10H2,1H3. The van der Waals surface area contributed by atoms with Gasteiger partial charge in [-0.1, -0.05) is 24.3 Å². The first-order valence-corrected chi connectivity index (χ1v) is 8.28. The minimum atomic E-state index is -0.304. The monoisotopic (exact) mass is 287 g/mol. The highest BCUT2D eigenvalue weighted by Gasteiger charge is 2.25. The Kier molecular flexibility index (Phi) is 4.18. The largest absolute Gasteiger partial charge is 0.388 e. The van der Waals surface area contributed by atoms with E-state index in [9.17, 15) is 5.11 Å². The minimum absolute atomic E-state index is 0.304. The van der Waals surface area contributed by atoms with E-state index >= 15 is 0 Å². The molecule has 1 heterocycles. The minimum Gasteiger partial charge on any atom is -0.388 e. The Balaban J connectivity index is 1.73. The van der Waals surface area contributed by atoms with Gasteiger partial charge in [0, 0.05) is 4.88 Å². The molecule has 0 spiro atoms. The zero-order valence-electron chi connectivity index (χ0n) is 11.9. The lowest BCUT2D eigenvalue weighted by atomic mass is 9.89. The fourth-order valence-corrected chi connectivity index (χ4v) is 4.00. The molecular formula is C17H21NOS. The number of aliphatic hydroxyl groups is 1. The van der Waals surface area contributed by atoms with Gasteiger partial charge in [-0.2, -0.15) is 0 Å². The molecule has 0 bridgehead atoms. The Morgan fingerprint density at radius 1 is 1.35 bits per heavy atom. The first-order valence-electron chi connectivity index (χ1n) is 7.40. The van der Waals surface area contributed by atoms with Crippen LogP contribution in [0.1, 0.15) is 47.1 Å². The van der Waals surface area contributed by atoms with E-state index in [1.54, 1.807) is 11.3 Å². The summed E-state index contributed by atoms with van der Waals surface area (Å²) in [5.41, 5.74) is 5.55. The molecule has 2 aromatic rings. The van der Waals surface area contributed by atoms with E-state index in [0.717, 1.165) is 36.9 Å². The van der Waals surface area contributed by atoms with Gasteiger partial charge in [0.05, 0.1) is 17.3 Å². The van der Waals surface area contributed by atoms with Crippen LogP contribution in [0.4, 0.5) is 0 Å². The summed E-state index contributed by atoms with van der Waals surface area (Å²) >= 11 is 1.74. The van der Waals surface area contributed by atoms with Crippen molar-refractivity contribution in [3.63, 3.8) is 0 Å². The number of aliphatic hydroxyl groups excluding tert-OH is 1. The third kappa shape index (κ3) is 2.79. The fraction of sp³-hybridized carbons (Fsp3) is 0.471. The highest BCUT2D eigenvalue weighted by molar-refractivity contribution is 7.09. The molecule has 3 heteroatoms. The first-order chi connectivity index (χ1) is 9.75. The number of aromatic nitrogens is 1. The fourth-order valence-electron chi connectivity index (χ4n) is 3.20. The highest BCUT2D eigenvalue weighted by atomic mass is 32.1. The van der Waals surface area contributed by atoms with Crippen molar-refractivity contribution in [3.8, 4) is 0 Å². The van der Waals surface area contributed by atoms with Gasteiger partial charge >= 0.3 is 0 Å². The van der Waals surface area contributed by atoms with Crippen molar-refractivity contribution in [3.05, 3.63) is 51.5 Å². The van der Waals surface area contributed by atoms with E-state index in [4.69, 9.17) is 0 Å². The van der Waals surface area contributed by atoms with Crippen LogP contribution < -0.4 is 0 Å². The maximum Gasteiger partial charge on any atom is 0.0820 e. The van der Waals surface area contributed by atoms with E-state index in [-0.39, 0.29) is 6.10 Å². The van der Waals surface area contributed by atoms with Crippen LogP contribution in [0.5, 0.6) is 0 Å². The van der Waals surface area contributed by atoms with Crippen molar-refractivity contribution in [1.82, 2.24) is 4.98 Å². The molecule has 3 rings (SSSR count). The topological polar surface area (TPSA) is 33.1 Å². The molecule has 0 saturated carbocycles. The van der Waals surface area contributed by atoms with E-state index < -0.39 is 0 Å². The number of hydrogen-bond donors (Lipinski definition) is 1. The average Bonchev–Trinajstić information content (AvgIpc) is 2.80. The SMILES string of the molecule is Cc1ncsc1CCC1CCCc2ccccc2C1O. The first kappa shape index (κ1) is 13.8. The van der Waals surface area contributed by atoms with Gasteiger partial charge in [0.2, 0.25) is 0 Å². The molecule has 1 aromatic carbocycles. The predicted octanol–water partition coefficient (Wildman–Crippen LogP) is 4.07. The Bertz CT molecular complexity index is 578. The van der Waals surface area contributed by atoms with Crippen LogP contribution in [0.25, 0.3) is 0 Å². The van der Waals surface area contributed by atoms with Crippen molar-refractivity contribution in [2.75, 3.05) is 0 Å². The molecule has 2 unspecified atom stereocenters. The van der Waals surface area contributed by atoms with Gasteiger partial charge in [0.25, 0.3) is 0 Å². The molecule has 0 aliphatic heterocycles. The smallest absolute Gasteiger partial charge is 0.0820 e.